The Morgan fingerprint density at radius 2 is 2.04 bits per heavy atom. The first-order chi connectivity index (χ1) is 12.1. The van der Waals surface area contributed by atoms with Gasteiger partial charge in [-0.2, -0.15) is 0 Å². The summed E-state index contributed by atoms with van der Waals surface area (Å²) in [6.07, 6.45) is 4.40. The number of methoxy groups -OCH3 is 1. The molecule has 0 bridgehead atoms. The smallest absolute Gasteiger partial charge is 0.320 e. The van der Waals surface area contributed by atoms with Crippen molar-refractivity contribution in [1.82, 2.24) is 9.88 Å². The van der Waals surface area contributed by atoms with Crippen LogP contribution in [0.2, 0.25) is 0 Å². The zero-order valence-corrected chi connectivity index (χ0v) is 14.7. The molecule has 5 nitrogen and oxygen atoms in total. The van der Waals surface area contributed by atoms with Gasteiger partial charge in [0.2, 0.25) is 0 Å². The van der Waals surface area contributed by atoms with E-state index in [0.717, 1.165) is 42.0 Å². The van der Waals surface area contributed by atoms with Gasteiger partial charge in [-0.1, -0.05) is 24.6 Å². The highest BCUT2D eigenvalue weighted by atomic mass is 16.5. The molecule has 1 aromatic carbocycles. The van der Waals surface area contributed by atoms with Gasteiger partial charge < -0.3 is 9.84 Å². The van der Waals surface area contributed by atoms with Gasteiger partial charge in [-0.3, -0.25) is 14.7 Å². The second-order valence-electron chi connectivity index (χ2n) is 6.47. The summed E-state index contributed by atoms with van der Waals surface area (Å²) in [5, 5.41) is 9.72. The summed E-state index contributed by atoms with van der Waals surface area (Å²) in [4.78, 5) is 18.5. The minimum atomic E-state index is -0.758. The molecule has 2 heterocycles. The zero-order chi connectivity index (χ0) is 17.8. The quantitative estimate of drug-likeness (QED) is 0.903. The van der Waals surface area contributed by atoms with Crippen LogP contribution < -0.4 is 4.74 Å². The van der Waals surface area contributed by atoms with Gasteiger partial charge in [0.25, 0.3) is 0 Å². The van der Waals surface area contributed by atoms with Gasteiger partial charge in [-0.05, 0) is 55.6 Å². The fourth-order valence-corrected chi connectivity index (χ4v) is 3.60. The summed E-state index contributed by atoms with van der Waals surface area (Å²) in [5.74, 6) is 0.0282. The summed E-state index contributed by atoms with van der Waals surface area (Å²) in [6, 6.07) is 11.1. The summed E-state index contributed by atoms with van der Waals surface area (Å²) >= 11 is 0. The van der Waals surface area contributed by atoms with Crippen molar-refractivity contribution in [3.8, 4) is 5.75 Å². The van der Waals surface area contributed by atoms with E-state index in [2.05, 4.69) is 9.88 Å². The molecule has 0 saturated carbocycles. The molecule has 1 fully saturated rings. The molecule has 1 saturated heterocycles. The maximum Gasteiger partial charge on any atom is 0.320 e. The van der Waals surface area contributed by atoms with E-state index in [-0.39, 0.29) is 6.04 Å². The Morgan fingerprint density at radius 3 is 2.68 bits per heavy atom. The van der Waals surface area contributed by atoms with Crippen LogP contribution in [0.1, 0.15) is 42.1 Å². The first kappa shape index (κ1) is 17.4. The summed E-state index contributed by atoms with van der Waals surface area (Å²) in [6.45, 7) is 2.78. The monoisotopic (exact) mass is 340 g/mol. The minimum absolute atomic E-state index is 0.173. The SMILES string of the molecule is COc1ccc(C(c2ncccc2C)N2CCCCC2C(=O)O)cc1. The Balaban J connectivity index is 2.07. The van der Waals surface area contributed by atoms with Crippen molar-refractivity contribution >= 4 is 5.97 Å². The first-order valence-corrected chi connectivity index (χ1v) is 8.66. The van der Waals surface area contributed by atoms with Crippen molar-refractivity contribution in [2.45, 2.75) is 38.3 Å². The molecule has 2 unspecified atom stereocenters. The Labute approximate surface area is 148 Å². The van der Waals surface area contributed by atoms with Crippen LogP contribution >= 0.6 is 0 Å². The third-order valence-electron chi connectivity index (χ3n) is 4.90. The van der Waals surface area contributed by atoms with Crippen molar-refractivity contribution in [1.29, 1.82) is 0 Å². The van der Waals surface area contributed by atoms with E-state index in [1.807, 2.05) is 43.3 Å². The predicted molar refractivity (Wildman–Crippen MR) is 95.8 cm³/mol. The van der Waals surface area contributed by atoms with Gasteiger partial charge in [0.1, 0.15) is 11.8 Å². The number of pyridine rings is 1. The van der Waals surface area contributed by atoms with Crippen molar-refractivity contribution in [3.63, 3.8) is 0 Å². The van der Waals surface area contributed by atoms with Gasteiger partial charge in [-0.15, -0.1) is 0 Å². The number of aromatic nitrogens is 1. The largest absolute Gasteiger partial charge is 0.497 e. The first-order valence-electron chi connectivity index (χ1n) is 8.66. The number of piperidine rings is 1. The van der Waals surface area contributed by atoms with Gasteiger partial charge in [0.15, 0.2) is 0 Å². The molecule has 1 aromatic heterocycles. The fraction of sp³-hybridized carbons (Fsp3) is 0.400. The Hall–Kier alpha value is -2.40. The highest BCUT2D eigenvalue weighted by molar-refractivity contribution is 5.73. The van der Waals surface area contributed by atoms with Crippen LogP contribution in [0.4, 0.5) is 0 Å². The molecule has 0 spiro atoms. The lowest BCUT2D eigenvalue weighted by atomic mass is 9.92. The number of aryl methyl sites for hydroxylation is 1. The number of carbonyl (C=O) groups is 1. The van der Waals surface area contributed by atoms with Crippen LogP contribution in [-0.4, -0.2) is 40.7 Å². The van der Waals surface area contributed by atoms with Crippen molar-refractivity contribution in [2.75, 3.05) is 13.7 Å². The molecule has 0 radical (unpaired) electrons. The summed E-state index contributed by atoms with van der Waals surface area (Å²) < 4.78 is 5.26. The molecule has 0 amide bonds. The van der Waals surface area contributed by atoms with E-state index in [0.29, 0.717) is 6.42 Å². The number of benzene rings is 1. The second-order valence-corrected chi connectivity index (χ2v) is 6.47. The third kappa shape index (κ3) is 3.66. The number of aliphatic carboxylic acids is 1. The van der Waals surface area contributed by atoms with Crippen molar-refractivity contribution in [3.05, 3.63) is 59.4 Å². The molecule has 132 valence electrons. The molecule has 2 aromatic rings. The van der Waals surface area contributed by atoms with E-state index < -0.39 is 12.0 Å². The van der Waals surface area contributed by atoms with Crippen LogP contribution in [0.3, 0.4) is 0 Å². The van der Waals surface area contributed by atoms with E-state index in [1.54, 1.807) is 13.3 Å². The Bertz CT molecular complexity index is 730. The minimum Gasteiger partial charge on any atom is -0.497 e. The van der Waals surface area contributed by atoms with E-state index in [9.17, 15) is 9.90 Å². The number of rotatable bonds is 5. The van der Waals surface area contributed by atoms with Crippen molar-refractivity contribution in [2.24, 2.45) is 0 Å². The number of likely N-dealkylation sites (tertiary alicyclic amines) is 1. The summed E-state index contributed by atoms with van der Waals surface area (Å²) in [7, 11) is 1.64. The molecule has 1 aliphatic heterocycles. The number of hydrogen-bond acceptors (Lipinski definition) is 4. The normalized spacial score (nSPS) is 19.4. The molecule has 5 heteroatoms. The lowest BCUT2D eigenvalue weighted by Gasteiger charge is -2.39. The second kappa shape index (κ2) is 7.66. The van der Waals surface area contributed by atoms with Gasteiger partial charge in [-0.25, -0.2) is 0 Å². The van der Waals surface area contributed by atoms with Crippen LogP contribution in [0.5, 0.6) is 5.75 Å². The highest BCUT2D eigenvalue weighted by Crippen LogP contribution is 2.35. The lowest BCUT2D eigenvalue weighted by molar-refractivity contribution is -0.145. The van der Waals surface area contributed by atoms with Crippen LogP contribution in [0, 0.1) is 6.92 Å². The van der Waals surface area contributed by atoms with E-state index >= 15 is 0 Å². The molecule has 1 N–H and O–H groups in total. The zero-order valence-electron chi connectivity index (χ0n) is 14.7. The fourth-order valence-electron chi connectivity index (χ4n) is 3.60. The van der Waals surface area contributed by atoms with E-state index in [4.69, 9.17) is 4.74 Å². The topological polar surface area (TPSA) is 62.7 Å². The number of nitrogens with zero attached hydrogens (tertiary/aromatic N) is 2. The van der Waals surface area contributed by atoms with Crippen LogP contribution in [0.15, 0.2) is 42.6 Å². The van der Waals surface area contributed by atoms with E-state index in [1.165, 1.54) is 0 Å². The van der Waals surface area contributed by atoms with Gasteiger partial charge in [0, 0.05) is 6.20 Å². The Kier molecular flexibility index (Phi) is 5.34. The van der Waals surface area contributed by atoms with Crippen LogP contribution in [-0.2, 0) is 4.79 Å². The number of carboxylic acids is 1. The number of ether oxygens (including phenoxy) is 1. The van der Waals surface area contributed by atoms with Gasteiger partial charge in [0.05, 0.1) is 18.8 Å². The highest BCUT2D eigenvalue weighted by Gasteiger charge is 2.36. The number of carboxylic acid groups (broad SMARTS) is 1. The van der Waals surface area contributed by atoms with Crippen molar-refractivity contribution < 1.29 is 14.6 Å². The molecule has 1 aliphatic rings. The summed E-state index contributed by atoms with van der Waals surface area (Å²) in [5.41, 5.74) is 3.02. The predicted octanol–water partition coefficient (Wildman–Crippen LogP) is 3.43. The molecule has 3 rings (SSSR count). The standard InChI is InChI=1S/C20H24N2O3/c1-14-6-5-12-21-18(14)19(15-8-10-16(25-2)11-9-15)22-13-4-3-7-17(22)20(23)24/h5-6,8-12,17,19H,3-4,7,13H2,1-2H3,(H,23,24). The average molecular weight is 340 g/mol. The molecule has 2 atom stereocenters. The maximum absolute atomic E-state index is 11.8. The van der Waals surface area contributed by atoms with Crippen LogP contribution in [0.25, 0.3) is 0 Å². The number of hydrogen-bond donors (Lipinski definition) is 1. The van der Waals surface area contributed by atoms with Gasteiger partial charge >= 0.3 is 5.97 Å². The Morgan fingerprint density at radius 1 is 1.28 bits per heavy atom. The molecular weight excluding hydrogens is 316 g/mol. The third-order valence-corrected chi connectivity index (χ3v) is 4.90. The maximum atomic E-state index is 11.8. The molecule has 25 heavy (non-hydrogen) atoms. The molecule has 0 aliphatic carbocycles. The lowest BCUT2D eigenvalue weighted by Crippen LogP contribution is -2.47. The average Bonchev–Trinajstić information content (AvgIpc) is 2.64. The molecular formula is C20H24N2O3.